The Morgan fingerprint density at radius 3 is 2.42 bits per heavy atom. The molecule has 2 aromatic carbocycles. The Balaban J connectivity index is 1.12. The van der Waals surface area contributed by atoms with Gasteiger partial charge in [0.1, 0.15) is 12.4 Å². The molecule has 170 valence electrons. The summed E-state index contributed by atoms with van der Waals surface area (Å²) >= 11 is 5.92. The molecule has 1 N–H and O–H groups in total. The van der Waals surface area contributed by atoms with E-state index in [0.29, 0.717) is 23.0 Å². The number of rotatable bonds is 6. The van der Waals surface area contributed by atoms with Crippen molar-refractivity contribution in [2.75, 3.05) is 5.32 Å². The number of halogens is 1. The average molecular weight is 462 g/mol. The fourth-order valence-electron chi connectivity index (χ4n) is 6.69. The molecule has 7 rings (SSSR count). The molecule has 5 nitrogen and oxygen atoms in total. The summed E-state index contributed by atoms with van der Waals surface area (Å²) in [7, 11) is 0. The third-order valence-electron chi connectivity index (χ3n) is 7.73. The molecule has 0 saturated heterocycles. The number of amides is 1. The zero-order chi connectivity index (χ0) is 22.4. The van der Waals surface area contributed by atoms with Gasteiger partial charge >= 0.3 is 0 Å². The molecule has 4 aliphatic carbocycles. The maximum atomic E-state index is 12.9. The minimum Gasteiger partial charge on any atom is -0.489 e. The first kappa shape index (κ1) is 20.8. The number of hydrogen-bond acceptors (Lipinski definition) is 3. The highest BCUT2D eigenvalue weighted by atomic mass is 35.5. The number of carbonyl (C=O) groups is 1. The van der Waals surface area contributed by atoms with Crippen LogP contribution in [0.2, 0.25) is 5.02 Å². The number of carbonyl (C=O) groups excluding carboxylic acids is 1. The molecule has 0 atom stereocenters. The second kappa shape index (κ2) is 8.21. The zero-order valence-corrected chi connectivity index (χ0v) is 19.3. The Morgan fingerprint density at radius 2 is 1.73 bits per heavy atom. The Morgan fingerprint density at radius 1 is 1.03 bits per heavy atom. The molecule has 33 heavy (non-hydrogen) atoms. The van der Waals surface area contributed by atoms with Crippen LogP contribution in [0.4, 0.5) is 5.82 Å². The molecule has 0 unspecified atom stereocenters. The quantitative estimate of drug-likeness (QED) is 0.469. The van der Waals surface area contributed by atoms with Crippen LogP contribution in [0.25, 0.3) is 0 Å². The SMILES string of the molecule is O=C(Nc1ccn(C23CC4CC(CC(C4)C2)C3)n1)c1cccc(COc2ccc(Cl)cc2)c1. The molecule has 1 aromatic heterocycles. The van der Waals surface area contributed by atoms with Crippen molar-refractivity contribution in [1.29, 1.82) is 0 Å². The molecule has 1 amide bonds. The normalized spacial score (nSPS) is 27.5. The molecule has 3 aromatic rings. The Labute approximate surface area is 199 Å². The van der Waals surface area contributed by atoms with Gasteiger partial charge in [0.25, 0.3) is 5.91 Å². The molecule has 6 heteroatoms. The maximum Gasteiger partial charge on any atom is 0.256 e. The van der Waals surface area contributed by atoms with Crippen LogP contribution in [0, 0.1) is 17.8 Å². The molecule has 0 spiro atoms. The fraction of sp³-hybridized carbons (Fsp3) is 0.407. The average Bonchev–Trinajstić information content (AvgIpc) is 3.27. The lowest BCUT2D eigenvalue weighted by Crippen LogP contribution is -2.52. The van der Waals surface area contributed by atoms with Crippen LogP contribution in [-0.4, -0.2) is 15.7 Å². The third-order valence-corrected chi connectivity index (χ3v) is 7.98. The van der Waals surface area contributed by atoms with Gasteiger partial charge in [0.05, 0.1) is 5.54 Å². The number of anilines is 1. The maximum absolute atomic E-state index is 12.9. The van der Waals surface area contributed by atoms with E-state index in [1.165, 1.54) is 38.5 Å². The van der Waals surface area contributed by atoms with E-state index >= 15 is 0 Å². The van der Waals surface area contributed by atoms with Crippen molar-refractivity contribution in [2.24, 2.45) is 17.8 Å². The molecule has 4 aliphatic rings. The summed E-state index contributed by atoms with van der Waals surface area (Å²) in [5.74, 6) is 3.78. The molecule has 0 aliphatic heterocycles. The van der Waals surface area contributed by atoms with Crippen LogP contribution >= 0.6 is 11.6 Å². The van der Waals surface area contributed by atoms with Crippen LogP contribution in [0.5, 0.6) is 5.75 Å². The Kier molecular flexibility index (Phi) is 5.17. The van der Waals surface area contributed by atoms with E-state index in [2.05, 4.69) is 16.2 Å². The molecule has 0 radical (unpaired) electrons. The fourth-order valence-corrected chi connectivity index (χ4v) is 6.81. The van der Waals surface area contributed by atoms with Gasteiger partial charge in [-0.15, -0.1) is 0 Å². The lowest BCUT2D eigenvalue weighted by atomic mass is 9.53. The Hall–Kier alpha value is -2.79. The van der Waals surface area contributed by atoms with Crippen molar-refractivity contribution in [2.45, 2.75) is 50.7 Å². The first-order valence-electron chi connectivity index (χ1n) is 11.9. The molecule has 4 bridgehead atoms. The number of nitrogens with zero attached hydrogens (tertiary/aromatic N) is 2. The van der Waals surface area contributed by atoms with Crippen molar-refractivity contribution < 1.29 is 9.53 Å². The van der Waals surface area contributed by atoms with Gasteiger partial charge in [-0.25, -0.2) is 0 Å². The van der Waals surface area contributed by atoms with Crippen LogP contribution in [0.3, 0.4) is 0 Å². The number of nitrogens with one attached hydrogen (secondary N) is 1. The predicted molar refractivity (Wildman–Crippen MR) is 129 cm³/mol. The van der Waals surface area contributed by atoms with Crippen LogP contribution in [0.15, 0.2) is 60.8 Å². The minimum absolute atomic E-state index is 0.154. The number of aromatic nitrogens is 2. The van der Waals surface area contributed by atoms with E-state index < -0.39 is 0 Å². The summed E-state index contributed by atoms with van der Waals surface area (Å²) in [6, 6.07) is 16.7. The van der Waals surface area contributed by atoms with E-state index in [9.17, 15) is 4.79 Å². The van der Waals surface area contributed by atoms with E-state index in [1.807, 2.05) is 42.5 Å². The van der Waals surface area contributed by atoms with Gasteiger partial charge in [0.2, 0.25) is 0 Å². The van der Waals surface area contributed by atoms with E-state index in [-0.39, 0.29) is 11.4 Å². The molecule has 1 heterocycles. The number of hydrogen-bond donors (Lipinski definition) is 1. The topological polar surface area (TPSA) is 56.2 Å². The number of benzene rings is 2. The summed E-state index contributed by atoms with van der Waals surface area (Å²) in [6.45, 7) is 0.378. The zero-order valence-electron chi connectivity index (χ0n) is 18.5. The van der Waals surface area contributed by atoms with E-state index in [4.69, 9.17) is 21.4 Å². The standard InChI is InChI=1S/C27H28ClN3O2/c28-23-4-6-24(7-5-23)33-17-18-2-1-3-22(13-18)26(32)29-25-8-9-31(30-25)27-14-19-10-20(15-27)12-21(11-19)16-27/h1-9,13,19-21H,10-12,14-17H2,(H,29,30,32). The summed E-state index contributed by atoms with van der Waals surface area (Å²) < 4.78 is 7.98. The van der Waals surface area contributed by atoms with Gasteiger partial charge in [0.15, 0.2) is 5.82 Å². The molecule has 4 fully saturated rings. The van der Waals surface area contributed by atoms with Gasteiger partial charge in [0, 0.05) is 22.8 Å². The van der Waals surface area contributed by atoms with Crippen molar-refractivity contribution in [3.05, 3.63) is 76.9 Å². The minimum atomic E-state index is -0.154. The van der Waals surface area contributed by atoms with Crippen molar-refractivity contribution >= 4 is 23.3 Å². The Bertz CT molecular complexity index is 1130. The predicted octanol–water partition coefficient (Wildman–Crippen LogP) is 6.29. The van der Waals surface area contributed by atoms with E-state index in [1.54, 1.807) is 12.1 Å². The lowest BCUT2D eigenvalue weighted by molar-refractivity contribution is -0.0492. The van der Waals surface area contributed by atoms with Crippen LogP contribution in [-0.2, 0) is 12.1 Å². The highest BCUT2D eigenvalue weighted by Crippen LogP contribution is 2.58. The number of ether oxygens (including phenoxy) is 1. The highest BCUT2D eigenvalue weighted by Gasteiger charge is 2.52. The van der Waals surface area contributed by atoms with Crippen molar-refractivity contribution in [3.63, 3.8) is 0 Å². The van der Waals surface area contributed by atoms with Gasteiger partial charge < -0.3 is 10.1 Å². The summed E-state index contributed by atoms with van der Waals surface area (Å²) in [4.78, 5) is 12.9. The summed E-state index contributed by atoms with van der Waals surface area (Å²) in [5, 5.41) is 8.48. The molecule has 4 saturated carbocycles. The van der Waals surface area contributed by atoms with Crippen molar-refractivity contribution in [3.8, 4) is 5.75 Å². The summed E-state index contributed by atoms with van der Waals surface area (Å²) in [5.41, 5.74) is 1.68. The summed E-state index contributed by atoms with van der Waals surface area (Å²) in [6.07, 6.45) is 10.0. The third kappa shape index (κ3) is 4.15. The van der Waals surface area contributed by atoms with Gasteiger partial charge in [-0.2, -0.15) is 5.10 Å². The lowest BCUT2D eigenvalue weighted by Gasteiger charge is -2.56. The highest BCUT2D eigenvalue weighted by molar-refractivity contribution is 6.30. The smallest absolute Gasteiger partial charge is 0.256 e. The first-order valence-corrected chi connectivity index (χ1v) is 12.3. The molecular formula is C27H28ClN3O2. The van der Waals surface area contributed by atoms with Crippen molar-refractivity contribution in [1.82, 2.24) is 9.78 Å². The molecular weight excluding hydrogens is 434 g/mol. The largest absolute Gasteiger partial charge is 0.489 e. The van der Waals surface area contributed by atoms with E-state index in [0.717, 1.165) is 29.1 Å². The second-order valence-corrected chi connectivity index (χ2v) is 10.6. The van der Waals surface area contributed by atoms with Gasteiger partial charge in [-0.05, 0) is 98.2 Å². The second-order valence-electron chi connectivity index (χ2n) is 10.2. The monoisotopic (exact) mass is 461 g/mol. The van der Waals surface area contributed by atoms with Crippen LogP contribution < -0.4 is 10.1 Å². The van der Waals surface area contributed by atoms with Crippen LogP contribution in [0.1, 0.15) is 54.4 Å². The van der Waals surface area contributed by atoms with Gasteiger partial charge in [-0.1, -0.05) is 23.7 Å². The van der Waals surface area contributed by atoms with Gasteiger partial charge in [-0.3, -0.25) is 9.48 Å². The first-order chi connectivity index (χ1) is 16.0.